The minimum atomic E-state index is 0.0175. The van der Waals surface area contributed by atoms with Crippen LogP contribution in [0.15, 0.2) is 24.5 Å². The molecule has 0 radical (unpaired) electrons. The van der Waals surface area contributed by atoms with Crippen molar-refractivity contribution < 1.29 is 4.79 Å². The number of rotatable bonds is 3. The molecule has 104 valence electrons. The zero-order chi connectivity index (χ0) is 13.9. The number of carbonyl (C=O) groups excluding carboxylic acids is 1. The van der Waals surface area contributed by atoms with Crippen LogP contribution in [0.4, 0.5) is 11.5 Å². The number of hydrogen-bond donors (Lipinski definition) is 1. The molecular weight excluding hydrogens is 252 g/mol. The van der Waals surface area contributed by atoms with Gasteiger partial charge in [-0.1, -0.05) is 6.92 Å². The van der Waals surface area contributed by atoms with Crippen molar-refractivity contribution in [2.45, 2.75) is 26.2 Å². The Morgan fingerprint density at radius 1 is 1.30 bits per heavy atom. The Hall–Kier alpha value is -2.17. The molecule has 1 fully saturated rings. The van der Waals surface area contributed by atoms with Crippen molar-refractivity contribution in [2.24, 2.45) is 0 Å². The number of nitrogens with one attached hydrogen (secondary N) is 1. The second-order valence-corrected chi connectivity index (χ2v) is 5.03. The molecule has 2 heterocycles. The van der Waals surface area contributed by atoms with Crippen molar-refractivity contribution in [3.05, 3.63) is 24.5 Å². The molecule has 1 aliphatic heterocycles. The molecule has 1 N–H and O–H groups in total. The lowest BCUT2D eigenvalue weighted by Crippen LogP contribution is -2.19. The van der Waals surface area contributed by atoms with Gasteiger partial charge in [0.1, 0.15) is 12.1 Å². The van der Waals surface area contributed by atoms with Gasteiger partial charge in [-0.2, -0.15) is 0 Å². The van der Waals surface area contributed by atoms with Gasteiger partial charge in [0.2, 0.25) is 5.91 Å². The van der Waals surface area contributed by atoms with E-state index in [1.807, 2.05) is 25.1 Å². The molecule has 0 spiro atoms. The maximum Gasteiger partial charge on any atom is 0.224 e. The van der Waals surface area contributed by atoms with Crippen LogP contribution in [0.3, 0.4) is 0 Å². The Morgan fingerprint density at radius 2 is 2.10 bits per heavy atom. The molecule has 5 heteroatoms. The maximum absolute atomic E-state index is 11.5. The van der Waals surface area contributed by atoms with Crippen molar-refractivity contribution in [3.63, 3.8) is 0 Å². The van der Waals surface area contributed by atoms with E-state index in [1.54, 1.807) is 6.33 Å². The Balaban J connectivity index is 2.01. The van der Waals surface area contributed by atoms with E-state index in [0.29, 0.717) is 6.42 Å². The molecule has 0 aliphatic carbocycles. The van der Waals surface area contributed by atoms with Crippen LogP contribution in [0, 0.1) is 0 Å². The summed E-state index contributed by atoms with van der Waals surface area (Å²) in [5.41, 5.74) is 1.72. The number of amides is 1. The fraction of sp³-hybridized carbons (Fsp3) is 0.400. The van der Waals surface area contributed by atoms with E-state index >= 15 is 0 Å². The van der Waals surface area contributed by atoms with Crippen LogP contribution >= 0.6 is 0 Å². The van der Waals surface area contributed by atoms with Gasteiger partial charge < -0.3 is 10.2 Å². The predicted molar refractivity (Wildman–Crippen MR) is 79.9 cm³/mol. The molecule has 1 amide bonds. The van der Waals surface area contributed by atoms with E-state index in [-0.39, 0.29) is 5.91 Å². The third-order valence-corrected chi connectivity index (χ3v) is 3.62. The molecule has 0 atom stereocenters. The van der Waals surface area contributed by atoms with E-state index < -0.39 is 0 Å². The molecule has 1 aromatic heterocycles. The normalized spacial score (nSPS) is 14.8. The summed E-state index contributed by atoms with van der Waals surface area (Å²) in [7, 11) is 0. The van der Waals surface area contributed by atoms with Crippen molar-refractivity contribution in [1.29, 1.82) is 0 Å². The average molecular weight is 270 g/mol. The number of benzene rings is 1. The van der Waals surface area contributed by atoms with Gasteiger partial charge in [-0.25, -0.2) is 9.97 Å². The Labute approximate surface area is 118 Å². The summed E-state index contributed by atoms with van der Waals surface area (Å²) in [6.45, 7) is 3.92. The second-order valence-electron chi connectivity index (χ2n) is 5.03. The van der Waals surface area contributed by atoms with Crippen molar-refractivity contribution >= 4 is 28.3 Å². The number of carbonyl (C=O) groups is 1. The summed E-state index contributed by atoms with van der Waals surface area (Å²) >= 11 is 0. The number of nitrogens with zero attached hydrogens (tertiary/aromatic N) is 3. The highest BCUT2D eigenvalue weighted by Crippen LogP contribution is 2.28. The minimum absolute atomic E-state index is 0.0175. The third kappa shape index (κ3) is 2.43. The molecule has 1 saturated heterocycles. The lowest BCUT2D eigenvalue weighted by atomic mass is 10.2. The zero-order valence-corrected chi connectivity index (χ0v) is 11.6. The van der Waals surface area contributed by atoms with Crippen LogP contribution in [0.5, 0.6) is 0 Å². The van der Waals surface area contributed by atoms with Gasteiger partial charge in [0.15, 0.2) is 0 Å². The SMILES string of the molecule is CCC(=O)Nc1ccc2ncnc(N3CCCC3)c2c1. The highest BCUT2D eigenvalue weighted by atomic mass is 16.1. The van der Waals surface area contributed by atoms with Gasteiger partial charge in [-0.3, -0.25) is 4.79 Å². The largest absolute Gasteiger partial charge is 0.356 e. The van der Waals surface area contributed by atoms with Crippen molar-refractivity contribution in [2.75, 3.05) is 23.3 Å². The smallest absolute Gasteiger partial charge is 0.224 e. The molecule has 0 saturated carbocycles. The first-order chi connectivity index (χ1) is 9.78. The molecule has 20 heavy (non-hydrogen) atoms. The van der Waals surface area contributed by atoms with E-state index in [2.05, 4.69) is 20.2 Å². The zero-order valence-electron chi connectivity index (χ0n) is 11.6. The second kappa shape index (κ2) is 5.45. The maximum atomic E-state index is 11.5. The van der Waals surface area contributed by atoms with E-state index in [1.165, 1.54) is 12.8 Å². The van der Waals surface area contributed by atoms with Gasteiger partial charge in [-0.15, -0.1) is 0 Å². The summed E-state index contributed by atoms with van der Waals surface area (Å²) in [6, 6.07) is 5.79. The summed E-state index contributed by atoms with van der Waals surface area (Å²) < 4.78 is 0. The van der Waals surface area contributed by atoms with Crippen molar-refractivity contribution in [3.8, 4) is 0 Å². The Morgan fingerprint density at radius 3 is 2.85 bits per heavy atom. The van der Waals surface area contributed by atoms with Gasteiger partial charge in [0.05, 0.1) is 5.52 Å². The van der Waals surface area contributed by atoms with Crippen LogP contribution in [0.1, 0.15) is 26.2 Å². The topological polar surface area (TPSA) is 58.1 Å². The molecule has 1 aromatic carbocycles. The Kier molecular flexibility index (Phi) is 3.50. The average Bonchev–Trinajstić information content (AvgIpc) is 3.00. The number of anilines is 2. The van der Waals surface area contributed by atoms with Crippen LogP contribution < -0.4 is 10.2 Å². The molecule has 5 nitrogen and oxygen atoms in total. The highest BCUT2D eigenvalue weighted by molar-refractivity contribution is 5.96. The lowest BCUT2D eigenvalue weighted by Gasteiger charge is -2.18. The first-order valence-electron chi connectivity index (χ1n) is 7.07. The molecule has 0 bridgehead atoms. The summed E-state index contributed by atoms with van der Waals surface area (Å²) in [5, 5.41) is 3.89. The lowest BCUT2D eigenvalue weighted by molar-refractivity contribution is -0.115. The van der Waals surface area contributed by atoms with Crippen LogP contribution in [-0.2, 0) is 4.79 Å². The Bertz CT molecular complexity index is 635. The van der Waals surface area contributed by atoms with Crippen LogP contribution in [0.25, 0.3) is 10.9 Å². The third-order valence-electron chi connectivity index (χ3n) is 3.62. The van der Waals surface area contributed by atoms with E-state index in [9.17, 15) is 4.79 Å². The molecule has 0 unspecified atom stereocenters. The fourth-order valence-corrected chi connectivity index (χ4v) is 2.55. The fourth-order valence-electron chi connectivity index (χ4n) is 2.55. The highest BCUT2D eigenvalue weighted by Gasteiger charge is 2.16. The first kappa shape index (κ1) is 12.8. The summed E-state index contributed by atoms with van der Waals surface area (Å²) in [4.78, 5) is 22.5. The molecule has 1 aliphatic rings. The summed E-state index contributed by atoms with van der Waals surface area (Å²) in [6.07, 6.45) is 4.50. The first-order valence-corrected chi connectivity index (χ1v) is 7.07. The molecular formula is C15H18N4O. The van der Waals surface area contributed by atoms with Gasteiger partial charge in [0.25, 0.3) is 0 Å². The predicted octanol–water partition coefficient (Wildman–Crippen LogP) is 2.58. The quantitative estimate of drug-likeness (QED) is 0.931. The molecule has 3 rings (SSSR count). The monoisotopic (exact) mass is 270 g/mol. The number of aromatic nitrogens is 2. The minimum Gasteiger partial charge on any atom is -0.356 e. The van der Waals surface area contributed by atoms with Crippen LogP contribution in [0.2, 0.25) is 0 Å². The van der Waals surface area contributed by atoms with Crippen LogP contribution in [-0.4, -0.2) is 29.0 Å². The number of fused-ring (bicyclic) bond motifs is 1. The standard InChI is InChI=1S/C15H18N4O/c1-2-14(20)18-11-5-6-13-12(9-11)15(17-10-16-13)19-7-3-4-8-19/h5-6,9-10H,2-4,7-8H2,1H3,(H,18,20). The summed E-state index contributed by atoms with van der Waals surface area (Å²) in [5.74, 6) is 0.990. The van der Waals surface area contributed by atoms with Gasteiger partial charge in [-0.05, 0) is 31.0 Å². The van der Waals surface area contributed by atoms with E-state index in [0.717, 1.165) is 35.5 Å². The van der Waals surface area contributed by atoms with Gasteiger partial charge in [0, 0.05) is 30.6 Å². The van der Waals surface area contributed by atoms with E-state index in [4.69, 9.17) is 0 Å². The van der Waals surface area contributed by atoms with Gasteiger partial charge >= 0.3 is 0 Å². The van der Waals surface area contributed by atoms with Crippen molar-refractivity contribution in [1.82, 2.24) is 9.97 Å². The molecule has 2 aromatic rings. The number of hydrogen-bond acceptors (Lipinski definition) is 4.